The van der Waals surface area contributed by atoms with Gasteiger partial charge in [-0.05, 0) is 64.9 Å². The minimum atomic E-state index is -1.42. The predicted molar refractivity (Wildman–Crippen MR) is 151 cm³/mol. The number of guanidine groups is 1. The molecule has 4 aromatic rings. The van der Waals surface area contributed by atoms with Gasteiger partial charge in [0.05, 0.1) is 11.3 Å². The molecule has 0 heterocycles. The fraction of sp³-hybridized carbons (Fsp3) is 0.100. The number of hydrogen-bond acceptors (Lipinski definition) is 6. The van der Waals surface area contributed by atoms with Crippen molar-refractivity contribution in [3.63, 3.8) is 0 Å². The third kappa shape index (κ3) is 7.03. The van der Waals surface area contributed by atoms with Crippen molar-refractivity contribution in [1.29, 1.82) is 0 Å². The smallest absolute Gasteiger partial charge is 0.343 e. The van der Waals surface area contributed by atoms with Crippen LogP contribution in [0.15, 0.2) is 96.0 Å². The van der Waals surface area contributed by atoms with Gasteiger partial charge in [-0.3, -0.25) is 9.59 Å². The summed E-state index contributed by atoms with van der Waals surface area (Å²) in [4.78, 5) is 54.9. The van der Waals surface area contributed by atoms with Crippen LogP contribution in [0.25, 0.3) is 10.8 Å². The third-order valence-corrected chi connectivity index (χ3v) is 6.15. The molecule has 0 aromatic heterocycles. The number of carbonyl (C=O) groups is 4. The molecule has 0 aliphatic rings. The maximum atomic E-state index is 13.7. The average Bonchev–Trinajstić information content (AvgIpc) is 2.94. The zero-order valence-corrected chi connectivity index (χ0v) is 21.6. The normalized spacial score (nSPS) is 11.3. The van der Waals surface area contributed by atoms with Crippen molar-refractivity contribution in [3.05, 3.63) is 108 Å². The number of carbonyl (C=O) groups excluding carboxylic acids is 2. The van der Waals surface area contributed by atoms with Gasteiger partial charge in [0.1, 0.15) is 18.3 Å². The van der Waals surface area contributed by atoms with E-state index in [2.05, 4.69) is 4.99 Å². The monoisotopic (exact) mass is 554 g/mol. The van der Waals surface area contributed by atoms with E-state index in [4.69, 9.17) is 16.2 Å². The van der Waals surface area contributed by atoms with E-state index in [-0.39, 0.29) is 29.3 Å². The van der Waals surface area contributed by atoms with E-state index in [0.29, 0.717) is 22.0 Å². The SMILES string of the molecule is NC(N)=Nc1ccc(C(=O)Oc2ccc3c(C(=O)N(CC(=O)O)[C@@H](Cc4ccccc4)C(=O)O)cccc3c2)cc1. The van der Waals surface area contributed by atoms with Gasteiger partial charge in [0, 0.05) is 12.0 Å². The molecule has 0 unspecified atom stereocenters. The molecule has 1 amide bonds. The Morgan fingerprint density at radius 1 is 0.854 bits per heavy atom. The van der Waals surface area contributed by atoms with Gasteiger partial charge in [-0.15, -0.1) is 0 Å². The van der Waals surface area contributed by atoms with E-state index in [1.54, 1.807) is 66.7 Å². The van der Waals surface area contributed by atoms with Gasteiger partial charge in [-0.25, -0.2) is 14.6 Å². The van der Waals surface area contributed by atoms with E-state index in [0.717, 1.165) is 4.90 Å². The van der Waals surface area contributed by atoms with Crippen LogP contribution in [0.1, 0.15) is 26.3 Å². The fourth-order valence-electron chi connectivity index (χ4n) is 4.29. The van der Waals surface area contributed by atoms with Gasteiger partial charge < -0.3 is 31.3 Å². The van der Waals surface area contributed by atoms with E-state index >= 15 is 0 Å². The van der Waals surface area contributed by atoms with Crippen molar-refractivity contribution in [1.82, 2.24) is 4.90 Å². The van der Waals surface area contributed by atoms with Crippen molar-refractivity contribution in [2.75, 3.05) is 6.54 Å². The minimum absolute atomic E-state index is 0.0764. The average molecular weight is 555 g/mol. The standard InChI is InChI=1S/C30H26N4O7/c31-30(32)33-21-11-9-19(10-12-21)29(40)41-22-13-14-23-20(16-22)7-4-8-24(23)27(37)34(17-26(35)36)25(28(38)39)15-18-5-2-1-3-6-18/h1-14,16,25H,15,17H2,(H,35,36)(H,38,39)(H4,31,32,33)/t25-/m0/s1. The van der Waals surface area contributed by atoms with Crippen LogP contribution in [0.2, 0.25) is 0 Å². The zero-order chi connectivity index (χ0) is 29.5. The lowest BCUT2D eigenvalue weighted by atomic mass is 10.0. The van der Waals surface area contributed by atoms with Crippen molar-refractivity contribution in [3.8, 4) is 5.75 Å². The Bertz CT molecular complexity index is 1630. The highest BCUT2D eigenvalue weighted by atomic mass is 16.5. The molecule has 41 heavy (non-hydrogen) atoms. The lowest BCUT2D eigenvalue weighted by Crippen LogP contribution is -2.48. The first-order valence-electron chi connectivity index (χ1n) is 12.4. The predicted octanol–water partition coefficient (Wildman–Crippen LogP) is 3.19. The maximum absolute atomic E-state index is 13.7. The number of carboxylic acid groups (broad SMARTS) is 2. The summed E-state index contributed by atoms with van der Waals surface area (Å²) < 4.78 is 5.49. The van der Waals surface area contributed by atoms with Gasteiger partial charge in [0.25, 0.3) is 5.91 Å². The molecule has 0 spiro atoms. The number of ether oxygens (including phenoxy) is 1. The molecule has 208 valence electrons. The number of nitrogens with zero attached hydrogens (tertiary/aromatic N) is 2. The number of aliphatic carboxylic acids is 2. The molecular formula is C30H26N4O7. The Balaban J connectivity index is 1.61. The lowest BCUT2D eigenvalue weighted by Gasteiger charge is -2.28. The van der Waals surface area contributed by atoms with E-state index in [1.165, 1.54) is 24.3 Å². The summed E-state index contributed by atoms with van der Waals surface area (Å²) >= 11 is 0. The van der Waals surface area contributed by atoms with Crippen molar-refractivity contribution in [2.45, 2.75) is 12.5 Å². The van der Waals surface area contributed by atoms with E-state index in [9.17, 15) is 29.4 Å². The molecule has 0 bridgehead atoms. The summed E-state index contributed by atoms with van der Waals surface area (Å²) in [6.07, 6.45) is -0.0764. The molecule has 0 saturated heterocycles. The zero-order valence-electron chi connectivity index (χ0n) is 21.6. The Hall–Kier alpha value is -5.71. The highest BCUT2D eigenvalue weighted by molar-refractivity contribution is 6.09. The second kappa shape index (κ2) is 12.4. The van der Waals surface area contributed by atoms with Crippen LogP contribution in [-0.2, 0) is 16.0 Å². The number of nitrogens with two attached hydrogens (primary N) is 2. The summed E-state index contributed by atoms with van der Waals surface area (Å²) in [5, 5.41) is 20.4. The number of benzene rings is 4. The van der Waals surface area contributed by atoms with Gasteiger partial charge in [0.15, 0.2) is 5.96 Å². The first-order chi connectivity index (χ1) is 19.6. The van der Waals surface area contributed by atoms with Crippen molar-refractivity contribution >= 4 is 46.2 Å². The molecule has 0 aliphatic heterocycles. The van der Waals surface area contributed by atoms with Crippen LogP contribution in [0.5, 0.6) is 5.75 Å². The van der Waals surface area contributed by atoms with Crippen LogP contribution in [0, 0.1) is 0 Å². The van der Waals surface area contributed by atoms with E-state index < -0.39 is 36.4 Å². The summed E-state index contributed by atoms with van der Waals surface area (Å²) in [5.74, 6) is -3.98. The molecule has 0 fully saturated rings. The molecule has 6 N–H and O–H groups in total. The van der Waals surface area contributed by atoms with E-state index in [1.807, 2.05) is 0 Å². The number of rotatable bonds is 10. The number of fused-ring (bicyclic) bond motifs is 1. The van der Waals surface area contributed by atoms with Crippen LogP contribution < -0.4 is 16.2 Å². The van der Waals surface area contributed by atoms with Crippen molar-refractivity contribution < 1.29 is 34.1 Å². The summed E-state index contributed by atoms with van der Waals surface area (Å²) in [5.41, 5.74) is 12.2. The third-order valence-electron chi connectivity index (χ3n) is 6.15. The maximum Gasteiger partial charge on any atom is 0.343 e. The Morgan fingerprint density at radius 3 is 2.20 bits per heavy atom. The molecule has 11 nitrogen and oxygen atoms in total. The van der Waals surface area contributed by atoms with Gasteiger partial charge in [-0.1, -0.05) is 42.5 Å². The second-order valence-corrected chi connectivity index (χ2v) is 9.03. The largest absolute Gasteiger partial charge is 0.480 e. The second-order valence-electron chi connectivity index (χ2n) is 9.03. The topological polar surface area (TPSA) is 186 Å². The summed E-state index contributed by atoms with van der Waals surface area (Å²) in [6, 6.07) is 22.7. The lowest BCUT2D eigenvalue weighted by molar-refractivity contribution is -0.144. The number of amides is 1. The number of hydrogen-bond donors (Lipinski definition) is 4. The summed E-state index contributed by atoms with van der Waals surface area (Å²) in [6.45, 7) is -0.809. The number of carboxylic acids is 2. The Kier molecular flexibility index (Phi) is 8.58. The number of esters is 1. The number of aliphatic imine (C=N–C) groups is 1. The highest BCUT2D eigenvalue weighted by Crippen LogP contribution is 2.27. The fourth-order valence-corrected chi connectivity index (χ4v) is 4.29. The van der Waals surface area contributed by atoms with Crippen LogP contribution >= 0.6 is 0 Å². The minimum Gasteiger partial charge on any atom is -0.480 e. The summed E-state index contributed by atoms with van der Waals surface area (Å²) in [7, 11) is 0. The highest BCUT2D eigenvalue weighted by Gasteiger charge is 2.33. The Labute approximate surface area is 234 Å². The molecule has 11 heteroatoms. The first kappa shape index (κ1) is 28.3. The van der Waals surface area contributed by atoms with Crippen LogP contribution in [0.4, 0.5) is 5.69 Å². The van der Waals surface area contributed by atoms with Gasteiger partial charge in [-0.2, -0.15) is 0 Å². The quantitative estimate of drug-likeness (QED) is 0.0988. The van der Waals surface area contributed by atoms with Gasteiger partial charge >= 0.3 is 17.9 Å². The molecule has 0 aliphatic carbocycles. The van der Waals surface area contributed by atoms with Crippen LogP contribution in [-0.4, -0.2) is 57.5 Å². The van der Waals surface area contributed by atoms with Crippen LogP contribution in [0.3, 0.4) is 0 Å². The van der Waals surface area contributed by atoms with Crippen molar-refractivity contribution in [2.24, 2.45) is 16.5 Å². The molecule has 0 saturated carbocycles. The molecule has 0 radical (unpaired) electrons. The molecule has 4 rings (SSSR count). The first-order valence-corrected chi connectivity index (χ1v) is 12.4. The molecular weight excluding hydrogens is 528 g/mol. The Morgan fingerprint density at radius 2 is 1.56 bits per heavy atom. The molecule has 4 aromatic carbocycles. The van der Waals surface area contributed by atoms with Gasteiger partial charge in [0.2, 0.25) is 0 Å². The molecule has 1 atom stereocenters.